The molecule has 3 heterocycles. The molecule has 55 heavy (non-hydrogen) atoms. The van der Waals surface area contributed by atoms with Crippen LogP contribution in [0.25, 0.3) is 48.3 Å². The highest BCUT2D eigenvalue weighted by Crippen LogP contribution is 2.58. The molecule has 0 bridgehead atoms. The topological polar surface area (TPSA) is 29.8 Å². The zero-order valence-corrected chi connectivity index (χ0v) is 29.6. The van der Waals surface area contributed by atoms with E-state index in [4.69, 9.17) is 13.1 Å². The standard InChI is InChI=1S/C50H31N5/c1-51-44-24-15-21-39(49(44)52-2)34-30-37(54-45-25-12-9-20-40(45)41-33-53-29-28-46(41)54)32-38(31-34)55-47-26-13-10-22-42(47)50(35-16-5-3-6-17-35,36-18-7-4-8-19-36)43-23-11-14-27-48(43)55/h3-33H. The number of fused-ring (bicyclic) bond motifs is 5. The molecule has 7 aromatic carbocycles. The van der Waals surface area contributed by atoms with Gasteiger partial charge < -0.3 is 9.47 Å². The second-order valence-corrected chi connectivity index (χ2v) is 13.7. The van der Waals surface area contributed by atoms with Gasteiger partial charge in [0.2, 0.25) is 5.69 Å². The Balaban J connectivity index is 1.32. The zero-order valence-electron chi connectivity index (χ0n) is 29.6. The molecule has 5 nitrogen and oxygen atoms in total. The summed E-state index contributed by atoms with van der Waals surface area (Å²) in [5.74, 6) is 0. The fourth-order valence-electron chi connectivity index (χ4n) is 8.76. The van der Waals surface area contributed by atoms with E-state index in [9.17, 15) is 0 Å². The number of hydrogen-bond donors (Lipinski definition) is 0. The van der Waals surface area contributed by atoms with Crippen molar-refractivity contribution in [2.24, 2.45) is 0 Å². The first-order valence-corrected chi connectivity index (χ1v) is 18.2. The highest BCUT2D eigenvalue weighted by atomic mass is 15.2. The Hall–Kier alpha value is -7.73. The quantitative estimate of drug-likeness (QED) is 0.167. The highest BCUT2D eigenvalue weighted by Gasteiger charge is 2.46. The summed E-state index contributed by atoms with van der Waals surface area (Å²) in [5, 5.41) is 2.17. The number of benzene rings is 7. The molecule has 9 aromatic rings. The molecule has 1 aliphatic heterocycles. The van der Waals surface area contributed by atoms with Gasteiger partial charge in [0.1, 0.15) is 0 Å². The average molecular weight is 702 g/mol. The summed E-state index contributed by atoms with van der Waals surface area (Å²) < 4.78 is 2.29. The Labute approximate surface area is 319 Å². The molecule has 1 aliphatic rings. The first kappa shape index (κ1) is 32.0. The van der Waals surface area contributed by atoms with Gasteiger partial charge in [-0.15, -0.1) is 0 Å². The third kappa shape index (κ3) is 4.74. The Morgan fingerprint density at radius 3 is 1.78 bits per heavy atom. The number of rotatable bonds is 5. The first-order chi connectivity index (χ1) is 27.2. The smallest absolute Gasteiger partial charge is 0.202 e. The molecule has 256 valence electrons. The third-order valence-electron chi connectivity index (χ3n) is 11.0. The van der Waals surface area contributed by atoms with Gasteiger partial charge in [-0.3, -0.25) is 9.83 Å². The summed E-state index contributed by atoms with van der Waals surface area (Å²) in [7, 11) is 0. The summed E-state index contributed by atoms with van der Waals surface area (Å²) in [6, 6.07) is 61.6. The number of nitrogens with zero attached hydrogens (tertiary/aromatic N) is 5. The SMILES string of the molecule is [C-]#[N+]c1cccc(-c2cc(N3c4ccccc4C(c4ccccc4)(c4ccccc4)c4ccccc43)cc(-n3c4ccccc4c4cnccc43)c2)c1[N+]#[C-]. The van der Waals surface area contributed by atoms with Crippen LogP contribution in [0.2, 0.25) is 0 Å². The van der Waals surface area contributed by atoms with Gasteiger partial charge in [-0.05, 0) is 75.8 Å². The van der Waals surface area contributed by atoms with Crippen LogP contribution in [0.15, 0.2) is 188 Å². The number of aromatic nitrogens is 2. The molecule has 0 fully saturated rings. The van der Waals surface area contributed by atoms with E-state index in [0.717, 1.165) is 66.8 Å². The molecule has 0 unspecified atom stereocenters. The number of para-hydroxylation sites is 4. The number of pyridine rings is 1. The Bertz CT molecular complexity index is 2880. The lowest BCUT2D eigenvalue weighted by Crippen LogP contribution is -2.37. The van der Waals surface area contributed by atoms with Crippen LogP contribution >= 0.6 is 0 Å². The van der Waals surface area contributed by atoms with Crippen LogP contribution in [-0.4, -0.2) is 9.55 Å². The highest BCUT2D eigenvalue weighted by molar-refractivity contribution is 6.09. The van der Waals surface area contributed by atoms with Crippen molar-refractivity contribution >= 4 is 50.2 Å². The normalized spacial score (nSPS) is 12.8. The van der Waals surface area contributed by atoms with Crippen LogP contribution in [-0.2, 0) is 5.41 Å². The summed E-state index contributed by atoms with van der Waals surface area (Å²) in [6.07, 6.45) is 3.77. The third-order valence-corrected chi connectivity index (χ3v) is 11.0. The predicted molar refractivity (Wildman–Crippen MR) is 223 cm³/mol. The average Bonchev–Trinajstić information content (AvgIpc) is 3.60. The summed E-state index contributed by atoms with van der Waals surface area (Å²) >= 11 is 0. The molecule has 0 saturated heterocycles. The lowest BCUT2D eigenvalue weighted by atomic mass is 9.62. The van der Waals surface area contributed by atoms with E-state index in [1.165, 1.54) is 11.1 Å². The van der Waals surface area contributed by atoms with Crippen LogP contribution in [0.4, 0.5) is 28.4 Å². The van der Waals surface area contributed by atoms with Crippen LogP contribution in [0, 0.1) is 13.1 Å². The maximum atomic E-state index is 8.20. The molecule has 10 rings (SSSR count). The molecule has 0 aliphatic carbocycles. The van der Waals surface area contributed by atoms with Crippen LogP contribution in [0.5, 0.6) is 0 Å². The predicted octanol–water partition coefficient (Wildman–Crippen LogP) is 13.1. The van der Waals surface area contributed by atoms with Crippen molar-refractivity contribution in [2.75, 3.05) is 4.90 Å². The van der Waals surface area contributed by atoms with E-state index in [1.54, 1.807) is 6.07 Å². The minimum atomic E-state index is -0.603. The van der Waals surface area contributed by atoms with Crippen molar-refractivity contribution in [3.8, 4) is 16.8 Å². The fourth-order valence-corrected chi connectivity index (χ4v) is 8.76. The van der Waals surface area contributed by atoms with Gasteiger partial charge in [0.15, 0.2) is 5.69 Å². The Kier molecular flexibility index (Phi) is 7.40. The van der Waals surface area contributed by atoms with Crippen molar-refractivity contribution < 1.29 is 0 Å². The van der Waals surface area contributed by atoms with Gasteiger partial charge in [0.05, 0.1) is 41.0 Å². The summed E-state index contributed by atoms with van der Waals surface area (Å²) in [6.45, 7) is 16.1. The van der Waals surface area contributed by atoms with Crippen LogP contribution in [0.3, 0.4) is 0 Å². The number of anilines is 3. The Morgan fingerprint density at radius 2 is 1.11 bits per heavy atom. The fraction of sp³-hybridized carbons (Fsp3) is 0.0200. The molecular weight excluding hydrogens is 671 g/mol. The maximum Gasteiger partial charge on any atom is 0.202 e. The molecule has 0 spiro atoms. The van der Waals surface area contributed by atoms with Gasteiger partial charge in [-0.2, -0.15) is 0 Å². The molecule has 0 saturated carbocycles. The van der Waals surface area contributed by atoms with E-state index in [2.05, 4.69) is 182 Å². The zero-order chi connectivity index (χ0) is 36.9. The number of hydrogen-bond acceptors (Lipinski definition) is 2. The van der Waals surface area contributed by atoms with Gasteiger partial charge in [-0.25, -0.2) is 4.85 Å². The lowest BCUT2D eigenvalue weighted by molar-refractivity contribution is 0.731. The van der Waals surface area contributed by atoms with Crippen molar-refractivity contribution in [2.45, 2.75) is 5.41 Å². The van der Waals surface area contributed by atoms with Crippen molar-refractivity contribution in [3.63, 3.8) is 0 Å². The van der Waals surface area contributed by atoms with Crippen molar-refractivity contribution in [1.82, 2.24) is 9.55 Å². The van der Waals surface area contributed by atoms with Crippen LogP contribution in [0.1, 0.15) is 22.3 Å². The second-order valence-electron chi connectivity index (χ2n) is 13.7. The van der Waals surface area contributed by atoms with Crippen molar-refractivity contribution in [1.29, 1.82) is 0 Å². The summed E-state index contributed by atoms with van der Waals surface area (Å²) in [5.41, 5.74) is 12.4. The van der Waals surface area contributed by atoms with Crippen molar-refractivity contribution in [3.05, 3.63) is 233 Å². The van der Waals surface area contributed by atoms with E-state index < -0.39 is 5.41 Å². The van der Waals surface area contributed by atoms with Gasteiger partial charge in [0, 0.05) is 34.5 Å². The first-order valence-electron chi connectivity index (χ1n) is 18.2. The molecule has 5 heteroatoms. The lowest BCUT2D eigenvalue weighted by Gasteiger charge is -2.46. The molecule has 0 amide bonds. The monoisotopic (exact) mass is 701 g/mol. The molecule has 0 N–H and O–H groups in total. The van der Waals surface area contributed by atoms with E-state index in [-0.39, 0.29) is 0 Å². The van der Waals surface area contributed by atoms with Crippen LogP contribution < -0.4 is 4.90 Å². The second kappa shape index (κ2) is 12.7. The Morgan fingerprint density at radius 1 is 0.509 bits per heavy atom. The van der Waals surface area contributed by atoms with E-state index >= 15 is 0 Å². The van der Waals surface area contributed by atoms with Gasteiger partial charge in [-0.1, -0.05) is 133 Å². The minimum absolute atomic E-state index is 0.339. The van der Waals surface area contributed by atoms with Gasteiger partial charge in [0.25, 0.3) is 0 Å². The largest absolute Gasteiger partial charge is 0.310 e. The molecule has 2 aromatic heterocycles. The van der Waals surface area contributed by atoms with E-state index in [0.29, 0.717) is 11.4 Å². The molecule has 0 radical (unpaired) electrons. The van der Waals surface area contributed by atoms with Gasteiger partial charge >= 0.3 is 0 Å². The minimum Gasteiger partial charge on any atom is -0.310 e. The summed E-state index contributed by atoms with van der Waals surface area (Å²) in [4.78, 5) is 14.5. The molecule has 0 atom stereocenters. The maximum absolute atomic E-state index is 8.20. The molecular formula is C50H31N5. The van der Waals surface area contributed by atoms with E-state index in [1.807, 2.05) is 24.5 Å².